The van der Waals surface area contributed by atoms with Crippen molar-refractivity contribution in [1.82, 2.24) is 9.62 Å². The lowest BCUT2D eigenvalue weighted by Crippen LogP contribution is -2.46. The highest BCUT2D eigenvalue weighted by atomic mass is 32.2. The fraction of sp³-hybridized carbons (Fsp3) is 0.435. The molecule has 5 nitrogen and oxygen atoms in total. The average molecular weight is 415 g/mol. The molecule has 0 spiro atoms. The summed E-state index contributed by atoms with van der Waals surface area (Å²) in [5.41, 5.74) is 1.08. The number of nitrogens with zero attached hydrogens (tertiary/aromatic N) is 1. The van der Waals surface area contributed by atoms with E-state index in [9.17, 15) is 13.2 Å². The summed E-state index contributed by atoms with van der Waals surface area (Å²) in [5, 5.41) is 3.19. The second-order valence-electron chi connectivity index (χ2n) is 8.12. The molecule has 0 aromatic heterocycles. The topological polar surface area (TPSA) is 66.5 Å². The van der Waals surface area contributed by atoms with E-state index in [-0.39, 0.29) is 29.3 Å². The standard InChI is InChI=1S/C23H30N2O3S/c1-18(2)16-22(19-10-5-3-6-11-19)24-23(26)20-12-9-15-25(17-20)29(27,28)21-13-7-4-8-14-21/h3-8,10-11,13-14,18,20,22H,9,12,15-17H2,1-2H3,(H,24,26)/t20-,22+/m1/s1. The second kappa shape index (κ2) is 9.55. The van der Waals surface area contributed by atoms with Crippen molar-refractivity contribution in [2.75, 3.05) is 13.1 Å². The first kappa shape index (κ1) is 21.5. The van der Waals surface area contributed by atoms with Gasteiger partial charge in [-0.3, -0.25) is 4.79 Å². The first-order valence-corrected chi connectivity index (χ1v) is 11.7. The molecule has 0 saturated carbocycles. The molecule has 3 rings (SSSR count). The van der Waals surface area contributed by atoms with Crippen LogP contribution in [0, 0.1) is 11.8 Å². The maximum absolute atomic E-state index is 13.0. The van der Waals surface area contributed by atoms with E-state index in [2.05, 4.69) is 19.2 Å². The molecule has 2 atom stereocenters. The molecule has 29 heavy (non-hydrogen) atoms. The molecular formula is C23H30N2O3S. The van der Waals surface area contributed by atoms with E-state index in [0.717, 1.165) is 12.0 Å². The van der Waals surface area contributed by atoms with Crippen LogP contribution in [0.5, 0.6) is 0 Å². The average Bonchev–Trinajstić information content (AvgIpc) is 2.74. The zero-order valence-corrected chi connectivity index (χ0v) is 17.9. The van der Waals surface area contributed by atoms with Crippen molar-refractivity contribution in [3.8, 4) is 0 Å². The molecule has 2 aromatic carbocycles. The summed E-state index contributed by atoms with van der Waals surface area (Å²) in [7, 11) is -3.57. The van der Waals surface area contributed by atoms with Crippen LogP contribution in [0.3, 0.4) is 0 Å². The molecule has 1 N–H and O–H groups in total. The van der Waals surface area contributed by atoms with Crippen molar-refractivity contribution in [2.24, 2.45) is 11.8 Å². The van der Waals surface area contributed by atoms with Gasteiger partial charge in [0.25, 0.3) is 0 Å². The van der Waals surface area contributed by atoms with Crippen molar-refractivity contribution in [3.63, 3.8) is 0 Å². The van der Waals surface area contributed by atoms with Gasteiger partial charge in [0.15, 0.2) is 0 Å². The Balaban J connectivity index is 1.72. The fourth-order valence-electron chi connectivity index (χ4n) is 3.84. The van der Waals surface area contributed by atoms with Crippen LogP contribution >= 0.6 is 0 Å². The predicted octanol–water partition coefficient (Wildman–Crippen LogP) is 3.99. The maximum atomic E-state index is 13.0. The fourth-order valence-corrected chi connectivity index (χ4v) is 5.39. The first-order chi connectivity index (χ1) is 13.9. The van der Waals surface area contributed by atoms with Crippen LogP contribution in [-0.2, 0) is 14.8 Å². The highest BCUT2D eigenvalue weighted by molar-refractivity contribution is 7.89. The SMILES string of the molecule is CC(C)C[C@H](NC(=O)[C@@H]1CCCN(S(=O)(=O)c2ccccc2)C1)c1ccccc1. The van der Waals surface area contributed by atoms with E-state index in [4.69, 9.17) is 0 Å². The number of nitrogens with one attached hydrogen (secondary N) is 1. The van der Waals surface area contributed by atoms with Gasteiger partial charge in [-0.05, 0) is 42.9 Å². The minimum absolute atomic E-state index is 0.0625. The molecule has 1 aliphatic heterocycles. The van der Waals surface area contributed by atoms with Crippen LogP contribution in [0.25, 0.3) is 0 Å². The van der Waals surface area contributed by atoms with Crippen LogP contribution in [0.2, 0.25) is 0 Å². The number of hydrogen-bond acceptors (Lipinski definition) is 3. The van der Waals surface area contributed by atoms with Crippen molar-refractivity contribution in [2.45, 2.75) is 44.0 Å². The Morgan fingerprint density at radius 3 is 2.31 bits per heavy atom. The highest BCUT2D eigenvalue weighted by Gasteiger charge is 2.34. The molecule has 0 bridgehead atoms. The predicted molar refractivity (Wildman–Crippen MR) is 115 cm³/mol. The van der Waals surface area contributed by atoms with Gasteiger partial charge < -0.3 is 5.32 Å². The Labute approximate surface area is 174 Å². The summed E-state index contributed by atoms with van der Waals surface area (Å²) in [5.74, 6) is 0.0369. The zero-order valence-electron chi connectivity index (χ0n) is 17.1. The summed E-state index contributed by atoms with van der Waals surface area (Å²) in [6, 6.07) is 18.3. The summed E-state index contributed by atoms with van der Waals surface area (Å²) in [4.78, 5) is 13.3. The lowest BCUT2D eigenvalue weighted by molar-refractivity contribution is -0.127. The smallest absolute Gasteiger partial charge is 0.243 e. The Morgan fingerprint density at radius 1 is 1.07 bits per heavy atom. The van der Waals surface area contributed by atoms with E-state index in [1.807, 2.05) is 30.3 Å². The lowest BCUT2D eigenvalue weighted by atomic mass is 9.94. The van der Waals surface area contributed by atoms with Gasteiger partial charge in [0.2, 0.25) is 15.9 Å². The minimum atomic E-state index is -3.57. The molecule has 1 fully saturated rings. The van der Waals surface area contributed by atoms with E-state index in [1.54, 1.807) is 30.3 Å². The number of piperidine rings is 1. The number of amides is 1. The van der Waals surface area contributed by atoms with Gasteiger partial charge in [-0.1, -0.05) is 62.4 Å². The highest BCUT2D eigenvalue weighted by Crippen LogP contribution is 2.26. The van der Waals surface area contributed by atoms with Crippen molar-refractivity contribution >= 4 is 15.9 Å². The maximum Gasteiger partial charge on any atom is 0.243 e. The van der Waals surface area contributed by atoms with Gasteiger partial charge in [-0.15, -0.1) is 0 Å². The third-order valence-electron chi connectivity index (χ3n) is 5.36. The normalized spacial score (nSPS) is 19.1. The van der Waals surface area contributed by atoms with Crippen molar-refractivity contribution < 1.29 is 13.2 Å². The van der Waals surface area contributed by atoms with Crippen molar-refractivity contribution in [1.29, 1.82) is 0 Å². The summed E-state index contributed by atoms with van der Waals surface area (Å²) >= 11 is 0. The zero-order chi connectivity index (χ0) is 20.9. The summed E-state index contributed by atoms with van der Waals surface area (Å²) < 4.78 is 27.3. The Morgan fingerprint density at radius 2 is 1.69 bits per heavy atom. The molecule has 156 valence electrons. The third-order valence-corrected chi connectivity index (χ3v) is 7.24. The molecule has 6 heteroatoms. The number of rotatable bonds is 7. The monoisotopic (exact) mass is 414 g/mol. The molecular weight excluding hydrogens is 384 g/mol. The molecule has 2 aromatic rings. The molecule has 1 heterocycles. The van der Waals surface area contributed by atoms with Gasteiger partial charge in [-0.2, -0.15) is 4.31 Å². The molecule has 1 saturated heterocycles. The number of benzene rings is 2. The number of carbonyl (C=O) groups is 1. The van der Waals surface area contributed by atoms with Crippen LogP contribution in [0.4, 0.5) is 0 Å². The van der Waals surface area contributed by atoms with Gasteiger partial charge in [-0.25, -0.2) is 8.42 Å². The molecule has 1 aliphatic rings. The third kappa shape index (κ3) is 5.46. The van der Waals surface area contributed by atoms with Gasteiger partial charge in [0, 0.05) is 13.1 Å². The van der Waals surface area contributed by atoms with Crippen LogP contribution in [-0.4, -0.2) is 31.7 Å². The molecule has 0 unspecified atom stereocenters. The molecule has 1 amide bonds. The second-order valence-corrected chi connectivity index (χ2v) is 10.1. The summed E-state index contributed by atoms with van der Waals surface area (Å²) in [6.45, 7) is 4.95. The van der Waals surface area contributed by atoms with E-state index >= 15 is 0 Å². The summed E-state index contributed by atoms with van der Waals surface area (Å²) in [6.07, 6.45) is 2.23. The van der Waals surface area contributed by atoms with Crippen molar-refractivity contribution in [3.05, 3.63) is 66.2 Å². The number of sulfonamides is 1. The van der Waals surface area contributed by atoms with Gasteiger partial charge >= 0.3 is 0 Å². The molecule has 0 radical (unpaired) electrons. The lowest BCUT2D eigenvalue weighted by Gasteiger charge is -2.32. The number of hydrogen-bond donors (Lipinski definition) is 1. The van der Waals surface area contributed by atoms with Gasteiger partial charge in [0.05, 0.1) is 16.9 Å². The Bertz CT molecular complexity index is 898. The Kier molecular flexibility index (Phi) is 7.09. The Hall–Kier alpha value is -2.18. The minimum Gasteiger partial charge on any atom is -0.349 e. The van der Waals surface area contributed by atoms with Crippen LogP contribution in [0.1, 0.15) is 44.7 Å². The number of carbonyl (C=O) groups excluding carboxylic acids is 1. The van der Waals surface area contributed by atoms with Crippen LogP contribution in [0.15, 0.2) is 65.6 Å². The van der Waals surface area contributed by atoms with E-state index in [1.165, 1.54) is 4.31 Å². The van der Waals surface area contributed by atoms with E-state index in [0.29, 0.717) is 25.3 Å². The van der Waals surface area contributed by atoms with E-state index < -0.39 is 10.0 Å². The quantitative estimate of drug-likeness (QED) is 0.745. The van der Waals surface area contributed by atoms with Gasteiger partial charge in [0.1, 0.15) is 0 Å². The van der Waals surface area contributed by atoms with Crippen LogP contribution < -0.4 is 5.32 Å². The first-order valence-electron chi connectivity index (χ1n) is 10.3. The largest absolute Gasteiger partial charge is 0.349 e. The molecule has 0 aliphatic carbocycles.